The van der Waals surface area contributed by atoms with E-state index in [0.717, 1.165) is 42.9 Å². The number of nitrogens with zero attached hydrogens (tertiary/aromatic N) is 2. The number of rotatable bonds is 6. The van der Waals surface area contributed by atoms with Crippen LogP contribution in [0.5, 0.6) is 0 Å². The van der Waals surface area contributed by atoms with Crippen LogP contribution < -0.4 is 5.32 Å². The van der Waals surface area contributed by atoms with Crippen molar-refractivity contribution in [2.45, 2.75) is 19.3 Å². The maximum Gasteiger partial charge on any atom is 0.234 e. The van der Waals surface area contributed by atoms with Crippen molar-refractivity contribution in [1.29, 1.82) is 0 Å². The fourth-order valence-corrected chi connectivity index (χ4v) is 3.76. The van der Waals surface area contributed by atoms with Gasteiger partial charge in [0.1, 0.15) is 0 Å². The topological polar surface area (TPSA) is 61.9 Å². The van der Waals surface area contributed by atoms with E-state index in [4.69, 9.17) is 16.3 Å². The Bertz CT molecular complexity index is 624. The number of ether oxygens (including phenoxy) is 1. The van der Waals surface area contributed by atoms with Crippen molar-refractivity contribution in [2.24, 2.45) is 5.92 Å². The molecule has 1 aromatic carbocycles. The molecule has 0 spiro atoms. The molecule has 0 bridgehead atoms. The first-order valence-corrected chi connectivity index (χ1v) is 10.1. The standard InChI is InChI=1S/C20H28ClN3O3/c21-18-3-1-16(2-4-18)5-8-22-19(25)15-23-9-6-17(7-10-23)20(26)24-11-13-27-14-12-24/h1-4,17H,5-15H2,(H,22,25). The third-order valence-electron chi connectivity index (χ3n) is 5.28. The minimum atomic E-state index is 0.0434. The molecule has 2 fully saturated rings. The number of hydrogen-bond donors (Lipinski definition) is 1. The number of carbonyl (C=O) groups is 2. The zero-order chi connectivity index (χ0) is 19.1. The zero-order valence-corrected chi connectivity index (χ0v) is 16.4. The number of likely N-dealkylation sites (tertiary alicyclic amines) is 1. The molecule has 1 N–H and O–H groups in total. The number of amides is 2. The van der Waals surface area contributed by atoms with Gasteiger partial charge < -0.3 is 15.0 Å². The Balaban J connectivity index is 1.33. The molecule has 0 aromatic heterocycles. The minimum Gasteiger partial charge on any atom is -0.378 e. The number of morpholine rings is 1. The SMILES string of the molecule is O=C(CN1CCC(C(=O)N2CCOCC2)CC1)NCCc1ccc(Cl)cc1. The van der Waals surface area contributed by atoms with Crippen LogP contribution in [0.2, 0.25) is 5.02 Å². The first-order chi connectivity index (χ1) is 13.1. The highest BCUT2D eigenvalue weighted by atomic mass is 35.5. The van der Waals surface area contributed by atoms with E-state index in [0.29, 0.717) is 39.4 Å². The van der Waals surface area contributed by atoms with Crippen LogP contribution in [0.15, 0.2) is 24.3 Å². The number of hydrogen-bond acceptors (Lipinski definition) is 4. The van der Waals surface area contributed by atoms with Gasteiger partial charge in [0.05, 0.1) is 19.8 Å². The molecule has 7 heteroatoms. The van der Waals surface area contributed by atoms with Gasteiger partial charge in [-0.15, -0.1) is 0 Å². The van der Waals surface area contributed by atoms with Crippen molar-refractivity contribution >= 4 is 23.4 Å². The van der Waals surface area contributed by atoms with E-state index in [1.807, 2.05) is 29.2 Å². The first kappa shape index (κ1) is 20.1. The van der Waals surface area contributed by atoms with E-state index in [9.17, 15) is 9.59 Å². The van der Waals surface area contributed by atoms with Crippen LogP contribution in [0.1, 0.15) is 18.4 Å². The molecule has 3 rings (SSSR count). The Morgan fingerprint density at radius 1 is 1.07 bits per heavy atom. The summed E-state index contributed by atoms with van der Waals surface area (Å²) in [6.07, 6.45) is 2.45. The smallest absolute Gasteiger partial charge is 0.234 e. The zero-order valence-electron chi connectivity index (χ0n) is 15.7. The second-order valence-corrected chi connectivity index (χ2v) is 7.65. The molecule has 2 amide bonds. The lowest BCUT2D eigenvalue weighted by Crippen LogP contribution is -2.48. The van der Waals surface area contributed by atoms with Crippen LogP contribution in [-0.2, 0) is 20.7 Å². The summed E-state index contributed by atoms with van der Waals surface area (Å²) in [4.78, 5) is 28.8. The van der Waals surface area contributed by atoms with Gasteiger partial charge in [0.2, 0.25) is 11.8 Å². The minimum absolute atomic E-state index is 0.0434. The highest BCUT2D eigenvalue weighted by Gasteiger charge is 2.29. The number of nitrogens with one attached hydrogen (secondary N) is 1. The summed E-state index contributed by atoms with van der Waals surface area (Å²) in [6, 6.07) is 7.68. The summed E-state index contributed by atoms with van der Waals surface area (Å²) >= 11 is 5.87. The molecule has 2 aliphatic heterocycles. The maximum absolute atomic E-state index is 12.5. The normalized spacial score (nSPS) is 19.1. The van der Waals surface area contributed by atoms with Crippen molar-refractivity contribution in [2.75, 3.05) is 52.5 Å². The number of carbonyl (C=O) groups excluding carboxylic acids is 2. The monoisotopic (exact) mass is 393 g/mol. The Kier molecular flexibility index (Phi) is 7.50. The van der Waals surface area contributed by atoms with E-state index >= 15 is 0 Å². The fraction of sp³-hybridized carbons (Fsp3) is 0.600. The lowest BCUT2D eigenvalue weighted by molar-refractivity contribution is -0.141. The largest absolute Gasteiger partial charge is 0.378 e. The summed E-state index contributed by atoms with van der Waals surface area (Å²) in [7, 11) is 0. The highest BCUT2D eigenvalue weighted by molar-refractivity contribution is 6.30. The molecule has 0 saturated carbocycles. The Labute approximate surface area is 165 Å². The van der Waals surface area contributed by atoms with Gasteiger partial charge in [-0.25, -0.2) is 0 Å². The van der Waals surface area contributed by atoms with Gasteiger partial charge in [0.15, 0.2) is 0 Å². The summed E-state index contributed by atoms with van der Waals surface area (Å²) < 4.78 is 5.31. The lowest BCUT2D eigenvalue weighted by atomic mass is 9.95. The van der Waals surface area contributed by atoms with Gasteiger partial charge in [0, 0.05) is 30.6 Å². The van der Waals surface area contributed by atoms with Gasteiger partial charge in [0.25, 0.3) is 0 Å². The van der Waals surface area contributed by atoms with Crippen LogP contribution in [0.3, 0.4) is 0 Å². The summed E-state index contributed by atoms with van der Waals surface area (Å²) in [5, 5.41) is 3.70. The average molecular weight is 394 g/mol. The Morgan fingerprint density at radius 2 is 1.74 bits per heavy atom. The second-order valence-electron chi connectivity index (χ2n) is 7.21. The van der Waals surface area contributed by atoms with Gasteiger partial charge in [-0.1, -0.05) is 23.7 Å². The summed E-state index contributed by atoms with van der Waals surface area (Å²) in [5.41, 5.74) is 1.15. The van der Waals surface area contributed by atoms with Crippen LogP contribution >= 0.6 is 11.6 Å². The van der Waals surface area contributed by atoms with Gasteiger partial charge >= 0.3 is 0 Å². The van der Waals surface area contributed by atoms with Gasteiger partial charge in [-0.2, -0.15) is 0 Å². The van der Waals surface area contributed by atoms with E-state index in [2.05, 4.69) is 10.2 Å². The lowest BCUT2D eigenvalue weighted by Gasteiger charge is -2.35. The molecular weight excluding hydrogens is 366 g/mol. The quantitative estimate of drug-likeness (QED) is 0.797. The third-order valence-corrected chi connectivity index (χ3v) is 5.53. The molecule has 2 aliphatic rings. The average Bonchev–Trinajstić information content (AvgIpc) is 2.70. The molecule has 148 valence electrons. The molecule has 0 radical (unpaired) electrons. The van der Waals surface area contributed by atoms with Crippen molar-refractivity contribution in [3.05, 3.63) is 34.9 Å². The number of halogens is 1. The third kappa shape index (κ3) is 6.19. The van der Waals surface area contributed by atoms with E-state index in [1.165, 1.54) is 0 Å². The summed E-state index contributed by atoms with van der Waals surface area (Å²) in [6.45, 7) is 5.30. The van der Waals surface area contributed by atoms with E-state index in [-0.39, 0.29) is 17.7 Å². The fourth-order valence-electron chi connectivity index (χ4n) is 3.64. The van der Waals surface area contributed by atoms with Crippen molar-refractivity contribution in [3.8, 4) is 0 Å². The predicted octanol–water partition coefficient (Wildman–Crippen LogP) is 1.57. The van der Waals surface area contributed by atoms with E-state index in [1.54, 1.807) is 0 Å². The van der Waals surface area contributed by atoms with Crippen LogP contribution in [-0.4, -0.2) is 74.1 Å². The second kappa shape index (κ2) is 10.1. The highest BCUT2D eigenvalue weighted by Crippen LogP contribution is 2.20. The molecule has 2 saturated heterocycles. The Hall–Kier alpha value is -1.63. The van der Waals surface area contributed by atoms with Crippen molar-refractivity contribution < 1.29 is 14.3 Å². The van der Waals surface area contributed by atoms with Crippen LogP contribution in [0, 0.1) is 5.92 Å². The van der Waals surface area contributed by atoms with Crippen LogP contribution in [0.4, 0.5) is 0 Å². The molecule has 2 heterocycles. The maximum atomic E-state index is 12.5. The predicted molar refractivity (Wildman–Crippen MR) is 105 cm³/mol. The van der Waals surface area contributed by atoms with Crippen molar-refractivity contribution in [3.63, 3.8) is 0 Å². The molecule has 6 nitrogen and oxygen atoms in total. The van der Waals surface area contributed by atoms with Crippen molar-refractivity contribution in [1.82, 2.24) is 15.1 Å². The molecule has 1 aromatic rings. The Morgan fingerprint density at radius 3 is 2.41 bits per heavy atom. The molecule has 0 aliphatic carbocycles. The molecule has 0 atom stereocenters. The van der Waals surface area contributed by atoms with Gasteiger partial charge in [-0.3, -0.25) is 14.5 Å². The van der Waals surface area contributed by atoms with Crippen LogP contribution in [0.25, 0.3) is 0 Å². The van der Waals surface area contributed by atoms with Gasteiger partial charge in [-0.05, 0) is 50.0 Å². The number of benzene rings is 1. The first-order valence-electron chi connectivity index (χ1n) is 9.72. The molecule has 27 heavy (non-hydrogen) atoms. The molecule has 0 unspecified atom stereocenters. The summed E-state index contributed by atoms with van der Waals surface area (Å²) in [5.74, 6) is 0.389. The van der Waals surface area contributed by atoms with E-state index < -0.39 is 0 Å². The molecular formula is C20H28ClN3O3. The number of piperidine rings is 1.